The second-order valence-corrected chi connectivity index (χ2v) is 6.10. The smallest absolute Gasteiger partial charge is 0.191 e. The van der Waals surface area contributed by atoms with Crippen molar-refractivity contribution in [3.05, 3.63) is 71.0 Å². The minimum absolute atomic E-state index is 0. The quantitative estimate of drug-likeness (QED) is 0.336. The zero-order chi connectivity index (χ0) is 18.8. The first-order valence-corrected chi connectivity index (χ1v) is 9.15. The van der Waals surface area contributed by atoms with Crippen molar-refractivity contribution >= 4 is 29.9 Å². The number of aliphatic imine (C=N–C) groups is 1. The fraction of sp³-hybridized carbons (Fsp3) is 0.381. The largest absolute Gasteiger partial charge is 0.352 e. The molecular weight excluding hydrogens is 454 g/mol. The van der Waals surface area contributed by atoms with Crippen LogP contribution in [0.25, 0.3) is 0 Å². The fourth-order valence-corrected chi connectivity index (χ4v) is 2.79. The van der Waals surface area contributed by atoms with E-state index in [2.05, 4.69) is 58.6 Å². The molecule has 0 atom stereocenters. The van der Waals surface area contributed by atoms with Gasteiger partial charge in [0.2, 0.25) is 0 Å². The van der Waals surface area contributed by atoms with Crippen LogP contribution < -0.4 is 10.6 Å². The molecule has 0 bridgehead atoms. The third-order valence-electron chi connectivity index (χ3n) is 4.48. The van der Waals surface area contributed by atoms with Gasteiger partial charge in [0, 0.05) is 32.2 Å². The van der Waals surface area contributed by atoms with Crippen LogP contribution in [0.3, 0.4) is 0 Å². The number of hydrogen-bond donors (Lipinski definition) is 2. The second kappa shape index (κ2) is 12.7. The van der Waals surface area contributed by atoms with Gasteiger partial charge in [0.25, 0.3) is 0 Å². The summed E-state index contributed by atoms with van der Waals surface area (Å²) in [6, 6.07) is 15.2. The summed E-state index contributed by atoms with van der Waals surface area (Å²) < 4.78 is 13.7. The van der Waals surface area contributed by atoms with Crippen LogP contribution in [-0.4, -0.2) is 31.0 Å². The zero-order valence-corrected chi connectivity index (χ0v) is 18.7. The topological polar surface area (TPSA) is 39.7 Å². The molecule has 0 fully saturated rings. The van der Waals surface area contributed by atoms with Crippen LogP contribution in [0.15, 0.2) is 53.5 Å². The lowest BCUT2D eigenvalue weighted by molar-refractivity contribution is 0.295. The number of nitrogens with one attached hydrogen (secondary N) is 2. The van der Waals surface area contributed by atoms with Gasteiger partial charge in [-0.25, -0.2) is 4.39 Å². The minimum atomic E-state index is -0.208. The summed E-state index contributed by atoms with van der Waals surface area (Å²) in [5.74, 6) is 0.450. The van der Waals surface area contributed by atoms with Crippen LogP contribution in [0.1, 0.15) is 30.5 Å². The standard InChI is InChI=1S/C21H29FN4.HI/c1-4-26(5-2)16-19-12-7-6-10-17(19)14-24-21(23-3)25-15-18-11-8-9-13-20(18)22;/h6-13H,4-5,14-16H2,1-3H3,(H2,23,24,25);1H. The van der Waals surface area contributed by atoms with E-state index >= 15 is 0 Å². The summed E-state index contributed by atoms with van der Waals surface area (Å²) >= 11 is 0. The maximum Gasteiger partial charge on any atom is 0.191 e. The summed E-state index contributed by atoms with van der Waals surface area (Å²) in [4.78, 5) is 6.63. The molecule has 27 heavy (non-hydrogen) atoms. The van der Waals surface area contributed by atoms with Gasteiger partial charge in [0.15, 0.2) is 5.96 Å². The van der Waals surface area contributed by atoms with Gasteiger partial charge in [-0.1, -0.05) is 56.3 Å². The summed E-state index contributed by atoms with van der Waals surface area (Å²) in [6.07, 6.45) is 0. The van der Waals surface area contributed by atoms with Crippen molar-refractivity contribution in [3.8, 4) is 0 Å². The molecule has 2 aromatic carbocycles. The SMILES string of the molecule is CCN(CC)Cc1ccccc1CNC(=NC)NCc1ccccc1F.I. The van der Waals surface area contributed by atoms with Crippen LogP contribution in [0.2, 0.25) is 0 Å². The van der Waals surface area contributed by atoms with E-state index in [1.165, 1.54) is 17.2 Å². The second-order valence-electron chi connectivity index (χ2n) is 6.10. The number of hydrogen-bond acceptors (Lipinski definition) is 2. The molecule has 0 spiro atoms. The molecule has 148 valence electrons. The first-order valence-electron chi connectivity index (χ1n) is 9.15. The molecule has 0 saturated heterocycles. The van der Waals surface area contributed by atoms with Gasteiger partial charge >= 0.3 is 0 Å². The number of benzene rings is 2. The Balaban J connectivity index is 0.00000364. The van der Waals surface area contributed by atoms with E-state index in [0.717, 1.165) is 19.6 Å². The van der Waals surface area contributed by atoms with Crippen molar-refractivity contribution in [2.24, 2.45) is 4.99 Å². The van der Waals surface area contributed by atoms with Gasteiger partial charge in [-0.2, -0.15) is 0 Å². The Hall–Kier alpha value is -1.67. The predicted molar refractivity (Wildman–Crippen MR) is 122 cm³/mol. The van der Waals surface area contributed by atoms with E-state index in [-0.39, 0.29) is 29.8 Å². The number of nitrogens with zero attached hydrogens (tertiary/aromatic N) is 2. The molecule has 0 aliphatic carbocycles. The van der Waals surface area contributed by atoms with Crippen molar-refractivity contribution < 1.29 is 4.39 Å². The maximum atomic E-state index is 13.7. The highest BCUT2D eigenvalue weighted by molar-refractivity contribution is 14.0. The van der Waals surface area contributed by atoms with Gasteiger partial charge in [-0.15, -0.1) is 24.0 Å². The molecular formula is C21H30FIN4. The van der Waals surface area contributed by atoms with E-state index in [0.29, 0.717) is 24.6 Å². The van der Waals surface area contributed by atoms with Crippen LogP contribution in [0, 0.1) is 5.82 Å². The molecule has 6 heteroatoms. The highest BCUT2D eigenvalue weighted by atomic mass is 127. The Morgan fingerprint density at radius 1 is 0.889 bits per heavy atom. The maximum absolute atomic E-state index is 13.7. The van der Waals surface area contributed by atoms with E-state index < -0.39 is 0 Å². The molecule has 0 aliphatic rings. The van der Waals surface area contributed by atoms with Gasteiger partial charge < -0.3 is 10.6 Å². The van der Waals surface area contributed by atoms with Gasteiger partial charge in [-0.05, 0) is 30.3 Å². The third-order valence-corrected chi connectivity index (χ3v) is 4.48. The Kier molecular flexibility index (Phi) is 11.0. The Bertz CT molecular complexity index is 717. The molecule has 0 unspecified atom stereocenters. The lowest BCUT2D eigenvalue weighted by atomic mass is 10.1. The summed E-state index contributed by atoms with van der Waals surface area (Å²) in [6.45, 7) is 8.43. The normalized spacial score (nSPS) is 11.2. The highest BCUT2D eigenvalue weighted by Gasteiger charge is 2.07. The minimum Gasteiger partial charge on any atom is -0.352 e. The molecule has 0 radical (unpaired) electrons. The van der Waals surface area contributed by atoms with Crippen LogP contribution in [0.5, 0.6) is 0 Å². The third kappa shape index (κ3) is 7.46. The van der Waals surface area contributed by atoms with Crippen molar-refractivity contribution in [2.75, 3.05) is 20.1 Å². The number of rotatable bonds is 8. The highest BCUT2D eigenvalue weighted by Crippen LogP contribution is 2.12. The molecule has 0 amide bonds. The number of guanidine groups is 1. The van der Waals surface area contributed by atoms with E-state index in [4.69, 9.17) is 0 Å². The van der Waals surface area contributed by atoms with E-state index in [1.807, 2.05) is 6.07 Å². The van der Waals surface area contributed by atoms with Crippen molar-refractivity contribution in [2.45, 2.75) is 33.5 Å². The van der Waals surface area contributed by atoms with Crippen LogP contribution in [0.4, 0.5) is 4.39 Å². The Morgan fingerprint density at radius 2 is 1.41 bits per heavy atom. The summed E-state index contributed by atoms with van der Waals surface area (Å²) in [5, 5.41) is 6.49. The zero-order valence-electron chi connectivity index (χ0n) is 16.3. The average Bonchev–Trinajstić information content (AvgIpc) is 2.68. The lowest BCUT2D eigenvalue weighted by Gasteiger charge is -2.20. The Morgan fingerprint density at radius 3 is 1.96 bits per heavy atom. The molecule has 0 aliphatic heterocycles. The van der Waals surface area contributed by atoms with Gasteiger partial charge in [0.1, 0.15) is 5.82 Å². The molecule has 2 rings (SSSR count). The van der Waals surface area contributed by atoms with E-state index in [9.17, 15) is 4.39 Å². The average molecular weight is 484 g/mol. The molecule has 0 heterocycles. The molecule has 2 N–H and O–H groups in total. The van der Waals surface area contributed by atoms with Crippen molar-refractivity contribution in [3.63, 3.8) is 0 Å². The monoisotopic (exact) mass is 484 g/mol. The summed E-state index contributed by atoms with van der Waals surface area (Å²) in [7, 11) is 1.72. The first-order chi connectivity index (χ1) is 12.7. The molecule has 0 aromatic heterocycles. The van der Waals surface area contributed by atoms with Crippen LogP contribution >= 0.6 is 24.0 Å². The Labute approximate surface area is 179 Å². The number of halogens is 2. The van der Waals surface area contributed by atoms with Crippen molar-refractivity contribution in [1.82, 2.24) is 15.5 Å². The first kappa shape index (κ1) is 23.4. The predicted octanol–water partition coefficient (Wildman–Crippen LogP) is 4.15. The molecule has 2 aromatic rings. The molecule has 4 nitrogen and oxygen atoms in total. The molecule has 0 saturated carbocycles. The summed E-state index contributed by atoms with van der Waals surface area (Å²) in [5.41, 5.74) is 3.18. The van der Waals surface area contributed by atoms with Crippen LogP contribution in [-0.2, 0) is 19.6 Å². The fourth-order valence-electron chi connectivity index (χ4n) is 2.79. The van der Waals surface area contributed by atoms with Gasteiger partial charge in [0.05, 0.1) is 0 Å². The van der Waals surface area contributed by atoms with Crippen molar-refractivity contribution in [1.29, 1.82) is 0 Å². The van der Waals surface area contributed by atoms with Gasteiger partial charge in [-0.3, -0.25) is 9.89 Å². The lowest BCUT2D eigenvalue weighted by Crippen LogP contribution is -2.36. The van der Waals surface area contributed by atoms with E-state index in [1.54, 1.807) is 19.2 Å².